The first-order valence-electron chi connectivity index (χ1n) is 8.99. The monoisotopic (exact) mass is 367 g/mol. The van der Waals surface area contributed by atoms with E-state index in [2.05, 4.69) is 15.5 Å². The van der Waals surface area contributed by atoms with E-state index in [1.54, 1.807) is 6.92 Å². The number of aryl methyl sites for hydroxylation is 1. The van der Waals surface area contributed by atoms with E-state index in [1.807, 2.05) is 14.1 Å². The third kappa shape index (κ3) is 5.80. The van der Waals surface area contributed by atoms with E-state index in [4.69, 9.17) is 4.74 Å². The number of thiophene rings is 1. The predicted octanol–water partition coefficient (Wildman–Crippen LogP) is 2.28. The molecule has 1 aliphatic carbocycles. The molecule has 1 aromatic rings. The van der Waals surface area contributed by atoms with Crippen molar-refractivity contribution in [2.75, 3.05) is 45.7 Å². The van der Waals surface area contributed by atoms with Crippen molar-refractivity contribution in [1.29, 1.82) is 0 Å². The molecule has 1 aliphatic rings. The molecule has 0 atom stereocenters. The Hall–Kier alpha value is -1.44. The minimum absolute atomic E-state index is 0.117. The molecule has 1 heterocycles. The lowest BCUT2D eigenvalue weighted by Gasteiger charge is -2.12. The molecule has 0 aliphatic heterocycles. The predicted molar refractivity (Wildman–Crippen MR) is 102 cm³/mol. The Morgan fingerprint density at radius 2 is 2.00 bits per heavy atom. The summed E-state index contributed by atoms with van der Waals surface area (Å²) in [6, 6.07) is 0. The second-order valence-electron chi connectivity index (χ2n) is 6.52. The molecule has 25 heavy (non-hydrogen) atoms. The lowest BCUT2D eigenvalue weighted by molar-refractivity contribution is -0.115. The van der Waals surface area contributed by atoms with Gasteiger partial charge >= 0.3 is 5.97 Å². The fraction of sp³-hybridized carbons (Fsp3) is 0.667. The van der Waals surface area contributed by atoms with Crippen LogP contribution in [0.1, 0.15) is 47.0 Å². The van der Waals surface area contributed by atoms with E-state index < -0.39 is 0 Å². The second-order valence-corrected chi connectivity index (χ2v) is 7.62. The molecule has 0 unspecified atom stereocenters. The number of fused-ring (bicyclic) bond motifs is 1. The maximum absolute atomic E-state index is 12.4. The van der Waals surface area contributed by atoms with Gasteiger partial charge in [-0.3, -0.25) is 4.79 Å². The third-order valence-corrected chi connectivity index (χ3v) is 5.36. The summed E-state index contributed by atoms with van der Waals surface area (Å²) in [6.45, 7) is 4.16. The number of nitrogens with zero attached hydrogens (tertiary/aromatic N) is 1. The molecule has 0 saturated carbocycles. The molecule has 2 rings (SSSR count). The van der Waals surface area contributed by atoms with Gasteiger partial charge in [0.25, 0.3) is 0 Å². The highest BCUT2D eigenvalue weighted by molar-refractivity contribution is 7.17. The smallest absolute Gasteiger partial charge is 0.341 e. The molecule has 0 radical (unpaired) electrons. The van der Waals surface area contributed by atoms with E-state index in [0.29, 0.717) is 17.2 Å². The summed E-state index contributed by atoms with van der Waals surface area (Å²) < 4.78 is 5.21. The van der Waals surface area contributed by atoms with E-state index in [1.165, 1.54) is 16.2 Å². The summed E-state index contributed by atoms with van der Waals surface area (Å²) >= 11 is 1.52. The maximum atomic E-state index is 12.4. The normalized spacial score (nSPS) is 13.6. The van der Waals surface area contributed by atoms with Gasteiger partial charge in [-0.15, -0.1) is 11.3 Å². The van der Waals surface area contributed by atoms with Gasteiger partial charge in [0.15, 0.2) is 0 Å². The lowest BCUT2D eigenvalue weighted by atomic mass is 9.95. The van der Waals surface area contributed by atoms with E-state index in [9.17, 15) is 9.59 Å². The number of amides is 1. The van der Waals surface area contributed by atoms with Crippen molar-refractivity contribution in [1.82, 2.24) is 10.2 Å². The van der Waals surface area contributed by atoms with Crippen LogP contribution in [0.15, 0.2) is 0 Å². The van der Waals surface area contributed by atoms with Crippen LogP contribution in [-0.4, -0.2) is 57.1 Å². The summed E-state index contributed by atoms with van der Waals surface area (Å²) in [7, 11) is 4.06. The van der Waals surface area contributed by atoms with E-state index in [-0.39, 0.29) is 18.4 Å². The molecule has 7 heteroatoms. The zero-order valence-corrected chi connectivity index (χ0v) is 16.3. The molecule has 6 nitrogen and oxygen atoms in total. The van der Waals surface area contributed by atoms with Crippen LogP contribution in [0.4, 0.5) is 5.00 Å². The second kappa shape index (κ2) is 9.89. The van der Waals surface area contributed by atoms with Crippen LogP contribution >= 0.6 is 11.3 Å². The van der Waals surface area contributed by atoms with E-state index in [0.717, 1.165) is 50.8 Å². The Bertz CT molecular complexity index is 599. The van der Waals surface area contributed by atoms with Crippen LogP contribution in [0.2, 0.25) is 0 Å². The van der Waals surface area contributed by atoms with Crippen molar-refractivity contribution in [3.63, 3.8) is 0 Å². The molecule has 140 valence electrons. The SMILES string of the molecule is CCOC(=O)c1c(NC(=O)CNCCCN(C)C)sc2c1CCCC2. The number of esters is 1. The number of ether oxygens (including phenoxy) is 1. The zero-order valence-electron chi connectivity index (χ0n) is 15.4. The van der Waals surface area contributed by atoms with Gasteiger partial charge in [0.05, 0.1) is 18.7 Å². The quantitative estimate of drug-likeness (QED) is 0.518. The highest BCUT2D eigenvalue weighted by Crippen LogP contribution is 2.38. The van der Waals surface area contributed by atoms with Gasteiger partial charge in [-0.25, -0.2) is 4.79 Å². The van der Waals surface area contributed by atoms with Crippen molar-refractivity contribution >= 4 is 28.2 Å². The Labute approximate surface area is 153 Å². The van der Waals surface area contributed by atoms with Crippen molar-refractivity contribution in [2.45, 2.75) is 39.0 Å². The molecule has 0 aromatic carbocycles. The maximum Gasteiger partial charge on any atom is 0.341 e. The van der Waals surface area contributed by atoms with Gasteiger partial charge in [-0.05, 0) is 71.8 Å². The van der Waals surface area contributed by atoms with Gasteiger partial charge in [0.2, 0.25) is 5.91 Å². The summed E-state index contributed by atoms with van der Waals surface area (Å²) in [5.41, 5.74) is 1.64. The zero-order chi connectivity index (χ0) is 18.2. The topological polar surface area (TPSA) is 70.7 Å². The van der Waals surface area contributed by atoms with Crippen molar-refractivity contribution in [3.05, 3.63) is 16.0 Å². The number of hydrogen-bond acceptors (Lipinski definition) is 6. The van der Waals surface area contributed by atoms with Gasteiger partial charge in [-0.2, -0.15) is 0 Å². The Morgan fingerprint density at radius 3 is 2.72 bits per heavy atom. The number of rotatable bonds is 9. The molecule has 1 aromatic heterocycles. The Morgan fingerprint density at radius 1 is 1.24 bits per heavy atom. The number of nitrogens with one attached hydrogen (secondary N) is 2. The number of anilines is 1. The van der Waals surface area contributed by atoms with Crippen molar-refractivity contribution in [3.8, 4) is 0 Å². The standard InChI is InChI=1S/C18H29N3O3S/c1-4-24-18(23)16-13-8-5-6-9-14(13)25-17(16)20-15(22)12-19-10-7-11-21(2)3/h19H,4-12H2,1-3H3,(H,20,22). The first-order valence-corrected chi connectivity index (χ1v) is 9.81. The van der Waals surface area contributed by atoms with Crippen LogP contribution in [0.3, 0.4) is 0 Å². The molecule has 2 N–H and O–H groups in total. The van der Waals surface area contributed by atoms with Crippen molar-refractivity contribution in [2.24, 2.45) is 0 Å². The van der Waals surface area contributed by atoms with Gasteiger partial charge in [-0.1, -0.05) is 0 Å². The molecule has 1 amide bonds. The summed E-state index contributed by atoms with van der Waals surface area (Å²) in [5, 5.41) is 6.70. The highest BCUT2D eigenvalue weighted by Gasteiger charge is 2.27. The molecule has 0 fully saturated rings. The van der Waals surface area contributed by atoms with Crippen LogP contribution in [-0.2, 0) is 22.4 Å². The Kier molecular flexibility index (Phi) is 7.87. The van der Waals surface area contributed by atoms with Crippen LogP contribution in [0.25, 0.3) is 0 Å². The van der Waals surface area contributed by atoms with Gasteiger partial charge in [0, 0.05) is 4.88 Å². The molecular formula is C18H29N3O3S. The lowest BCUT2D eigenvalue weighted by Crippen LogP contribution is -2.30. The number of carbonyl (C=O) groups is 2. The first kappa shape index (κ1) is 19.9. The summed E-state index contributed by atoms with van der Waals surface area (Å²) in [5.74, 6) is -0.440. The average Bonchev–Trinajstić information content (AvgIpc) is 2.92. The van der Waals surface area contributed by atoms with Crippen molar-refractivity contribution < 1.29 is 14.3 Å². The Balaban J connectivity index is 1.97. The van der Waals surface area contributed by atoms with Crippen LogP contribution in [0, 0.1) is 0 Å². The molecule has 0 bridgehead atoms. The van der Waals surface area contributed by atoms with Gasteiger partial charge in [0.1, 0.15) is 5.00 Å². The first-order chi connectivity index (χ1) is 12.0. The summed E-state index contributed by atoms with van der Waals surface area (Å²) in [6.07, 6.45) is 5.07. The van der Waals surface area contributed by atoms with Crippen LogP contribution in [0.5, 0.6) is 0 Å². The minimum atomic E-state index is -0.323. The molecule has 0 spiro atoms. The van der Waals surface area contributed by atoms with E-state index >= 15 is 0 Å². The fourth-order valence-corrected chi connectivity index (χ4v) is 4.26. The minimum Gasteiger partial charge on any atom is -0.462 e. The highest BCUT2D eigenvalue weighted by atomic mass is 32.1. The number of hydrogen-bond donors (Lipinski definition) is 2. The van der Waals surface area contributed by atoms with Crippen LogP contribution < -0.4 is 10.6 Å². The molecule has 0 saturated heterocycles. The third-order valence-electron chi connectivity index (χ3n) is 4.15. The van der Waals surface area contributed by atoms with Gasteiger partial charge < -0.3 is 20.3 Å². The average molecular weight is 368 g/mol. The summed E-state index contributed by atoms with van der Waals surface area (Å²) in [4.78, 5) is 27.9. The number of carbonyl (C=O) groups excluding carboxylic acids is 2. The largest absolute Gasteiger partial charge is 0.462 e. The molecular weight excluding hydrogens is 338 g/mol. The fourth-order valence-electron chi connectivity index (χ4n) is 2.97.